The summed E-state index contributed by atoms with van der Waals surface area (Å²) < 4.78 is 27.0. The van der Waals surface area contributed by atoms with Crippen LogP contribution in [0.1, 0.15) is 13.3 Å². The van der Waals surface area contributed by atoms with Crippen molar-refractivity contribution in [3.05, 3.63) is 24.3 Å². The number of hydrogen-bond donors (Lipinski definition) is 2. The molecule has 4 nitrogen and oxygen atoms in total. The minimum Gasteiger partial charge on any atom is -0.385 e. The Bertz CT molecular complexity index is 479. The van der Waals surface area contributed by atoms with E-state index in [0.717, 1.165) is 30.2 Å². The number of rotatable bonds is 5. The molecule has 0 saturated carbocycles. The number of sulfonamides is 1. The van der Waals surface area contributed by atoms with Crippen molar-refractivity contribution in [2.75, 3.05) is 23.4 Å². The van der Waals surface area contributed by atoms with Crippen molar-refractivity contribution in [1.82, 2.24) is 4.72 Å². The summed E-state index contributed by atoms with van der Waals surface area (Å²) in [4.78, 5) is 0.334. The molecule has 0 bridgehead atoms. The maximum Gasteiger partial charge on any atom is 0.240 e. The number of anilines is 1. The van der Waals surface area contributed by atoms with Crippen molar-refractivity contribution in [2.45, 2.75) is 24.3 Å². The molecule has 1 saturated heterocycles. The molecule has 1 unspecified atom stereocenters. The molecular weight excluding hydrogens is 268 g/mol. The fraction of sp³-hybridized carbons (Fsp3) is 0.500. The second kappa shape index (κ2) is 5.95. The monoisotopic (exact) mass is 286 g/mol. The summed E-state index contributed by atoms with van der Waals surface area (Å²) in [7, 11) is -3.37. The van der Waals surface area contributed by atoms with Crippen molar-refractivity contribution in [3.8, 4) is 0 Å². The van der Waals surface area contributed by atoms with Gasteiger partial charge < -0.3 is 5.32 Å². The standard InChI is InChI=1S/C12H18N2O2S2/c1-2-13-10-3-5-12(6-4-10)18(15,16)14-11-7-8-17-9-11/h3-6,11,13-14H,2,7-9H2,1H3. The average Bonchev–Trinajstić information content (AvgIpc) is 2.82. The fourth-order valence-electron chi connectivity index (χ4n) is 1.87. The molecule has 1 aromatic carbocycles. The van der Waals surface area contributed by atoms with Crippen LogP contribution in [0.5, 0.6) is 0 Å². The van der Waals surface area contributed by atoms with Gasteiger partial charge in [-0.1, -0.05) is 0 Å². The normalized spacial score (nSPS) is 19.9. The Morgan fingerprint density at radius 2 is 2.06 bits per heavy atom. The number of thioether (sulfide) groups is 1. The zero-order valence-electron chi connectivity index (χ0n) is 10.3. The maximum absolute atomic E-state index is 12.1. The third-order valence-corrected chi connectivity index (χ3v) is 5.50. The van der Waals surface area contributed by atoms with Gasteiger partial charge in [-0.25, -0.2) is 13.1 Å². The highest BCUT2D eigenvalue weighted by atomic mass is 32.2. The van der Waals surface area contributed by atoms with Crippen LogP contribution in [0.3, 0.4) is 0 Å². The van der Waals surface area contributed by atoms with Gasteiger partial charge in [0.15, 0.2) is 0 Å². The maximum atomic E-state index is 12.1. The van der Waals surface area contributed by atoms with E-state index in [4.69, 9.17) is 0 Å². The molecule has 1 fully saturated rings. The molecule has 0 aliphatic carbocycles. The molecule has 1 atom stereocenters. The zero-order chi connectivity index (χ0) is 13.0. The summed E-state index contributed by atoms with van der Waals surface area (Å²) >= 11 is 1.79. The lowest BCUT2D eigenvalue weighted by atomic mass is 10.3. The van der Waals surface area contributed by atoms with Crippen molar-refractivity contribution < 1.29 is 8.42 Å². The van der Waals surface area contributed by atoms with Gasteiger partial charge in [0, 0.05) is 24.0 Å². The van der Waals surface area contributed by atoms with E-state index in [2.05, 4.69) is 10.0 Å². The Morgan fingerprint density at radius 1 is 1.33 bits per heavy atom. The molecule has 100 valence electrons. The summed E-state index contributed by atoms with van der Waals surface area (Å²) in [5, 5.41) is 3.14. The van der Waals surface area contributed by atoms with E-state index in [0.29, 0.717) is 4.90 Å². The Balaban J connectivity index is 2.08. The van der Waals surface area contributed by atoms with Gasteiger partial charge in [-0.05, 0) is 43.4 Å². The largest absolute Gasteiger partial charge is 0.385 e. The van der Waals surface area contributed by atoms with Gasteiger partial charge in [0.25, 0.3) is 0 Å². The van der Waals surface area contributed by atoms with Crippen molar-refractivity contribution >= 4 is 27.5 Å². The van der Waals surface area contributed by atoms with Crippen LogP contribution in [0, 0.1) is 0 Å². The minimum absolute atomic E-state index is 0.0773. The molecule has 6 heteroatoms. The van der Waals surface area contributed by atoms with Crippen molar-refractivity contribution in [3.63, 3.8) is 0 Å². The molecule has 1 heterocycles. The second-order valence-electron chi connectivity index (χ2n) is 4.24. The van der Waals surface area contributed by atoms with E-state index >= 15 is 0 Å². The Labute approximate surface area is 113 Å². The quantitative estimate of drug-likeness (QED) is 0.868. The van der Waals surface area contributed by atoms with Crippen LogP contribution in [0.25, 0.3) is 0 Å². The molecule has 18 heavy (non-hydrogen) atoms. The molecular formula is C12H18N2O2S2. The first kappa shape index (κ1) is 13.7. The first-order valence-electron chi connectivity index (χ1n) is 6.06. The summed E-state index contributed by atoms with van der Waals surface area (Å²) in [6.07, 6.45) is 0.916. The predicted molar refractivity (Wildman–Crippen MR) is 76.7 cm³/mol. The highest BCUT2D eigenvalue weighted by Gasteiger charge is 2.22. The number of benzene rings is 1. The van der Waals surface area contributed by atoms with Crippen molar-refractivity contribution in [2.24, 2.45) is 0 Å². The summed E-state index contributed by atoms with van der Waals surface area (Å²) in [5.74, 6) is 1.90. The zero-order valence-corrected chi connectivity index (χ0v) is 12.0. The third kappa shape index (κ3) is 3.40. The highest BCUT2D eigenvalue weighted by molar-refractivity contribution is 7.99. The van der Waals surface area contributed by atoms with Gasteiger partial charge in [0.2, 0.25) is 10.0 Å². The van der Waals surface area contributed by atoms with E-state index in [1.54, 1.807) is 36.0 Å². The van der Waals surface area contributed by atoms with Crippen LogP contribution in [-0.4, -0.2) is 32.5 Å². The van der Waals surface area contributed by atoms with Crippen LogP contribution < -0.4 is 10.0 Å². The molecule has 0 aromatic heterocycles. The minimum atomic E-state index is -3.37. The lowest BCUT2D eigenvalue weighted by Crippen LogP contribution is -2.34. The Morgan fingerprint density at radius 3 is 2.61 bits per heavy atom. The molecule has 2 rings (SSSR count). The molecule has 1 aliphatic rings. The fourth-order valence-corrected chi connectivity index (χ4v) is 4.40. The molecule has 0 amide bonds. The Hall–Kier alpha value is -0.720. The molecule has 1 aliphatic heterocycles. The third-order valence-electron chi connectivity index (χ3n) is 2.80. The van der Waals surface area contributed by atoms with Crippen LogP contribution in [-0.2, 0) is 10.0 Å². The van der Waals surface area contributed by atoms with Gasteiger partial charge >= 0.3 is 0 Å². The lowest BCUT2D eigenvalue weighted by Gasteiger charge is -2.12. The van der Waals surface area contributed by atoms with E-state index in [-0.39, 0.29) is 6.04 Å². The van der Waals surface area contributed by atoms with Crippen LogP contribution in [0.4, 0.5) is 5.69 Å². The summed E-state index contributed by atoms with van der Waals surface area (Å²) in [5.41, 5.74) is 0.938. The van der Waals surface area contributed by atoms with E-state index in [9.17, 15) is 8.42 Å². The van der Waals surface area contributed by atoms with Gasteiger partial charge in [-0.3, -0.25) is 0 Å². The predicted octanol–water partition coefficient (Wildman–Crippen LogP) is 1.90. The van der Waals surface area contributed by atoms with Gasteiger partial charge in [0.1, 0.15) is 0 Å². The summed E-state index contributed by atoms with van der Waals surface area (Å²) in [6, 6.07) is 6.95. The van der Waals surface area contributed by atoms with Crippen LogP contribution in [0.15, 0.2) is 29.2 Å². The van der Waals surface area contributed by atoms with E-state index in [1.807, 2.05) is 6.92 Å². The topological polar surface area (TPSA) is 58.2 Å². The van der Waals surface area contributed by atoms with Gasteiger partial charge in [-0.2, -0.15) is 11.8 Å². The van der Waals surface area contributed by atoms with E-state index < -0.39 is 10.0 Å². The molecule has 0 radical (unpaired) electrons. The highest BCUT2D eigenvalue weighted by Crippen LogP contribution is 2.20. The first-order valence-corrected chi connectivity index (χ1v) is 8.69. The van der Waals surface area contributed by atoms with Crippen molar-refractivity contribution in [1.29, 1.82) is 0 Å². The van der Waals surface area contributed by atoms with Crippen LogP contribution >= 0.6 is 11.8 Å². The molecule has 1 aromatic rings. The van der Waals surface area contributed by atoms with Crippen LogP contribution in [0.2, 0.25) is 0 Å². The smallest absolute Gasteiger partial charge is 0.240 e. The molecule has 2 N–H and O–H groups in total. The number of nitrogens with one attached hydrogen (secondary N) is 2. The van der Waals surface area contributed by atoms with Gasteiger partial charge in [-0.15, -0.1) is 0 Å². The average molecular weight is 286 g/mol. The lowest BCUT2D eigenvalue weighted by molar-refractivity contribution is 0.563. The second-order valence-corrected chi connectivity index (χ2v) is 7.10. The molecule has 0 spiro atoms. The summed E-state index contributed by atoms with van der Waals surface area (Å²) in [6.45, 7) is 2.83. The first-order chi connectivity index (χ1) is 8.62. The number of hydrogen-bond acceptors (Lipinski definition) is 4. The van der Waals surface area contributed by atoms with Gasteiger partial charge in [0.05, 0.1) is 4.90 Å². The SMILES string of the molecule is CCNc1ccc(S(=O)(=O)NC2CCSC2)cc1. The Kier molecular flexibility index (Phi) is 4.53. The van der Waals surface area contributed by atoms with E-state index in [1.165, 1.54) is 0 Å².